The number of carbonyl (C=O) groups is 2. The lowest BCUT2D eigenvalue weighted by Crippen LogP contribution is -2.40. The van der Waals surface area contributed by atoms with Crippen LogP contribution in [0.5, 0.6) is 0 Å². The van der Waals surface area contributed by atoms with Crippen LogP contribution in [0.2, 0.25) is 0 Å². The third-order valence-corrected chi connectivity index (χ3v) is 4.07. The molecule has 0 unspecified atom stereocenters. The van der Waals surface area contributed by atoms with Crippen molar-refractivity contribution < 1.29 is 14.3 Å². The number of aromatic amines is 1. The summed E-state index contributed by atoms with van der Waals surface area (Å²) >= 11 is 0. The first kappa shape index (κ1) is 18.5. The largest absolute Gasteiger partial charge is 0.444 e. The summed E-state index contributed by atoms with van der Waals surface area (Å²) < 4.78 is 5.39. The summed E-state index contributed by atoms with van der Waals surface area (Å²) in [6.07, 6.45) is 0.132. The number of nitrogens with zero attached hydrogens (tertiary/aromatic N) is 3. The van der Waals surface area contributed by atoms with Crippen LogP contribution in [-0.2, 0) is 17.7 Å². The molecule has 2 heterocycles. The summed E-state index contributed by atoms with van der Waals surface area (Å²) in [6.45, 7) is 6.24. The van der Waals surface area contributed by atoms with Crippen molar-refractivity contribution in [2.45, 2.75) is 39.3 Å². The maximum Gasteiger partial charge on any atom is 0.410 e. The van der Waals surface area contributed by atoms with E-state index in [1.54, 1.807) is 29.2 Å². The number of aromatic nitrogens is 2. The molecular formula is C19H21N5O3. The van der Waals surface area contributed by atoms with Gasteiger partial charge in [0.05, 0.1) is 23.9 Å². The van der Waals surface area contributed by atoms with Crippen molar-refractivity contribution in [2.75, 3.05) is 11.9 Å². The Bertz CT molecular complexity index is 903. The minimum absolute atomic E-state index is 0.318. The molecule has 0 radical (unpaired) electrons. The van der Waals surface area contributed by atoms with E-state index in [4.69, 9.17) is 10.00 Å². The highest BCUT2D eigenvalue weighted by molar-refractivity contribution is 6.04. The molecule has 2 N–H and O–H groups in total. The highest BCUT2D eigenvalue weighted by atomic mass is 16.6. The predicted octanol–water partition coefficient (Wildman–Crippen LogP) is 2.83. The van der Waals surface area contributed by atoms with Crippen LogP contribution in [0.4, 0.5) is 10.5 Å². The van der Waals surface area contributed by atoms with Gasteiger partial charge < -0.3 is 15.0 Å². The molecule has 0 aliphatic carbocycles. The number of hydrogen-bond donors (Lipinski definition) is 2. The number of rotatable bonds is 2. The van der Waals surface area contributed by atoms with Crippen molar-refractivity contribution in [1.29, 1.82) is 5.26 Å². The van der Waals surface area contributed by atoms with Gasteiger partial charge in [-0.3, -0.25) is 9.89 Å². The molecule has 0 saturated carbocycles. The van der Waals surface area contributed by atoms with E-state index in [0.29, 0.717) is 36.5 Å². The Balaban J connectivity index is 1.69. The summed E-state index contributed by atoms with van der Waals surface area (Å²) in [5, 5.41) is 18.6. The van der Waals surface area contributed by atoms with Crippen LogP contribution in [0.15, 0.2) is 24.3 Å². The minimum atomic E-state index is -0.558. The van der Waals surface area contributed by atoms with Gasteiger partial charge in [-0.2, -0.15) is 10.4 Å². The van der Waals surface area contributed by atoms with Crippen LogP contribution < -0.4 is 5.32 Å². The second kappa shape index (κ2) is 7.11. The van der Waals surface area contributed by atoms with Crippen molar-refractivity contribution in [1.82, 2.24) is 15.1 Å². The van der Waals surface area contributed by atoms with Crippen molar-refractivity contribution in [2.24, 2.45) is 0 Å². The number of benzene rings is 1. The Hall–Kier alpha value is -3.34. The highest BCUT2D eigenvalue weighted by Crippen LogP contribution is 2.23. The number of carbonyl (C=O) groups excluding carboxylic acids is 2. The summed E-state index contributed by atoms with van der Waals surface area (Å²) in [6, 6.07) is 8.63. The zero-order valence-electron chi connectivity index (χ0n) is 15.5. The summed E-state index contributed by atoms with van der Waals surface area (Å²) in [7, 11) is 0. The number of fused-ring (bicyclic) bond motifs is 1. The summed E-state index contributed by atoms with van der Waals surface area (Å²) in [4.78, 5) is 26.4. The van der Waals surface area contributed by atoms with E-state index in [0.717, 1.165) is 11.3 Å². The molecule has 0 saturated heterocycles. The predicted molar refractivity (Wildman–Crippen MR) is 98.0 cm³/mol. The smallest absolute Gasteiger partial charge is 0.410 e. The van der Waals surface area contributed by atoms with Crippen molar-refractivity contribution in [3.63, 3.8) is 0 Å². The van der Waals surface area contributed by atoms with Crippen LogP contribution in [0.25, 0.3) is 0 Å². The number of H-pyrrole nitrogens is 1. The molecule has 0 fully saturated rings. The van der Waals surface area contributed by atoms with Gasteiger partial charge in [0.15, 0.2) is 5.69 Å². The molecule has 3 rings (SSSR count). The second-order valence-electron chi connectivity index (χ2n) is 7.32. The van der Waals surface area contributed by atoms with E-state index >= 15 is 0 Å². The van der Waals surface area contributed by atoms with Gasteiger partial charge in [0.1, 0.15) is 5.60 Å². The van der Waals surface area contributed by atoms with Gasteiger partial charge in [-0.15, -0.1) is 0 Å². The molecular weight excluding hydrogens is 346 g/mol. The van der Waals surface area contributed by atoms with Crippen molar-refractivity contribution in [3.8, 4) is 6.07 Å². The monoisotopic (exact) mass is 367 g/mol. The number of hydrogen-bond acceptors (Lipinski definition) is 5. The molecule has 140 valence electrons. The number of nitriles is 1. The van der Waals surface area contributed by atoms with E-state index in [9.17, 15) is 9.59 Å². The Morgan fingerprint density at radius 3 is 2.63 bits per heavy atom. The van der Waals surface area contributed by atoms with E-state index in [1.165, 1.54) is 0 Å². The third-order valence-electron chi connectivity index (χ3n) is 4.07. The Morgan fingerprint density at radius 2 is 2.00 bits per heavy atom. The van der Waals surface area contributed by atoms with E-state index in [2.05, 4.69) is 15.5 Å². The molecule has 1 aromatic carbocycles. The molecule has 0 bridgehead atoms. The molecule has 1 aliphatic rings. The molecule has 8 nitrogen and oxygen atoms in total. The first-order valence-electron chi connectivity index (χ1n) is 8.62. The number of ether oxygens (including phenoxy) is 1. The number of amides is 2. The number of anilines is 1. The van der Waals surface area contributed by atoms with Crippen molar-refractivity contribution in [3.05, 3.63) is 46.8 Å². The average Bonchev–Trinajstić information content (AvgIpc) is 3.04. The Kier molecular flexibility index (Phi) is 4.86. The summed E-state index contributed by atoms with van der Waals surface area (Å²) in [5.74, 6) is -0.331. The first-order valence-corrected chi connectivity index (χ1v) is 8.62. The van der Waals surface area contributed by atoms with Gasteiger partial charge in [0.2, 0.25) is 0 Å². The maximum absolute atomic E-state index is 12.5. The molecule has 0 atom stereocenters. The minimum Gasteiger partial charge on any atom is -0.444 e. The van der Waals surface area contributed by atoms with E-state index in [-0.39, 0.29) is 12.0 Å². The normalized spacial score (nSPS) is 13.5. The fourth-order valence-electron chi connectivity index (χ4n) is 2.81. The molecule has 1 aromatic heterocycles. The fraction of sp³-hybridized carbons (Fsp3) is 0.368. The van der Waals surface area contributed by atoms with Crippen LogP contribution in [-0.4, -0.2) is 39.2 Å². The number of nitrogens with one attached hydrogen (secondary N) is 2. The van der Waals surface area contributed by atoms with Gasteiger partial charge >= 0.3 is 6.09 Å². The Morgan fingerprint density at radius 1 is 1.30 bits per heavy atom. The Labute approximate surface area is 157 Å². The molecule has 2 aromatic rings. The van der Waals surface area contributed by atoms with Crippen LogP contribution in [0, 0.1) is 11.3 Å². The first-order chi connectivity index (χ1) is 12.8. The van der Waals surface area contributed by atoms with Gasteiger partial charge in [0.25, 0.3) is 5.91 Å². The molecule has 27 heavy (non-hydrogen) atoms. The lowest BCUT2D eigenvalue weighted by Gasteiger charge is -2.29. The quantitative estimate of drug-likeness (QED) is 0.848. The lowest BCUT2D eigenvalue weighted by molar-refractivity contribution is 0.0221. The topological polar surface area (TPSA) is 111 Å². The zero-order chi connectivity index (χ0) is 19.6. The van der Waals surface area contributed by atoms with Gasteiger partial charge in [-0.05, 0) is 51.5 Å². The lowest BCUT2D eigenvalue weighted by atomic mass is 10.0. The van der Waals surface area contributed by atoms with Crippen LogP contribution >= 0.6 is 0 Å². The average molecular weight is 367 g/mol. The summed E-state index contributed by atoms with van der Waals surface area (Å²) in [5.41, 5.74) is 2.41. The maximum atomic E-state index is 12.5. The SMILES string of the molecule is CC(C)(C)OC(=O)N1CCc2c(C(=O)Nc3ccc(C#N)cc3)n[nH]c2C1. The third kappa shape index (κ3) is 4.26. The molecule has 1 aliphatic heterocycles. The highest BCUT2D eigenvalue weighted by Gasteiger charge is 2.30. The van der Waals surface area contributed by atoms with Gasteiger partial charge in [-0.1, -0.05) is 0 Å². The zero-order valence-corrected chi connectivity index (χ0v) is 15.5. The second-order valence-corrected chi connectivity index (χ2v) is 7.32. The van der Waals surface area contributed by atoms with Crippen LogP contribution in [0.3, 0.4) is 0 Å². The molecule has 8 heteroatoms. The molecule has 2 amide bonds. The standard InChI is InChI=1S/C19H21N5O3/c1-19(2,3)27-18(26)24-9-8-14-15(11-24)22-23-16(14)17(25)21-13-6-4-12(10-20)5-7-13/h4-7H,8-9,11H2,1-3H3,(H,21,25)(H,22,23). The van der Waals surface area contributed by atoms with E-state index in [1.807, 2.05) is 26.8 Å². The van der Waals surface area contributed by atoms with E-state index < -0.39 is 5.60 Å². The van der Waals surface area contributed by atoms with Crippen molar-refractivity contribution >= 4 is 17.7 Å². The van der Waals surface area contributed by atoms with Gasteiger partial charge in [-0.25, -0.2) is 4.79 Å². The molecule has 0 spiro atoms. The van der Waals surface area contributed by atoms with Gasteiger partial charge in [0, 0.05) is 17.8 Å². The van der Waals surface area contributed by atoms with Crippen LogP contribution in [0.1, 0.15) is 48.1 Å². The fourth-order valence-corrected chi connectivity index (χ4v) is 2.81.